The Morgan fingerprint density at radius 2 is 1.48 bits per heavy atom. The fourth-order valence-corrected chi connectivity index (χ4v) is 7.26. The third kappa shape index (κ3) is 10.4. The Kier molecular flexibility index (Phi) is 13.1. The van der Waals surface area contributed by atoms with Crippen LogP contribution < -0.4 is 16.4 Å². The highest BCUT2D eigenvalue weighted by molar-refractivity contribution is 7.99. The molecule has 0 unspecified atom stereocenters. The summed E-state index contributed by atoms with van der Waals surface area (Å²) in [4.78, 5) is 37.3. The zero-order valence-corrected chi connectivity index (χ0v) is 30.5. The number of ether oxygens (including phenoxy) is 2. The number of nitrogen functional groups attached to an aromatic ring is 1. The van der Waals surface area contributed by atoms with Gasteiger partial charge >= 0.3 is 5.97 Å². The number of carboxylic acids is 1. The molecule has 6 N–H and O–H groups in total. The molecule has 11 heteroatoms. The molecule has 1 aliphatic rings. The number of nitrogens with two attached hydrogens (primary N) is 1. The van der Waals surface area contributed by atoms with Gasteiger partial charge in [-0.05, 0) is 64.6 Å². The molecule has 278 valence electrons. The number of carbonyl (C=O) groups is 3. The first-order chi connectivity index (χ1) is 26.2. The van der Waals surface area contributed by atoms with Gasteiger partial charge in [-0.25, -0.2) is 4.79 Å². The first kappa shape index (κ1) is 38.3. The van der Waals surface area contributed by atoms with Crippen LogP contribution in [0.1, 0.15) is 70.7 Å². The lowest BCUT2D eigenvalue weighted by atomic mass is 9.99. The molecular formula is C43H43N3O7S. The third-order valence-corrected chi connectivity index (χ3v) is 10.3. The first-order valence-corrected chi connectivity index (χ1v) is 18.8. The zero-order valence-electron chi connectivity index (χ0n) is 29.7. The maximum absolute atomic E-state index is 12.6. The number of anilines is 2. The van der Waals surface area contributed by atoms with E-state index < -0.39 is 12.3 Å². The number of amides is 2. The number of aliphatic hydroxyl groups excluding tert-OH is 1. The number of hydrogen-bond donors (Lipinski definition) is 5. The van der Waals surface area contributed by atoms with Crippen molar-refractivity contribution in [3.05, 3.63) is 149 Å². The van der Waals surface area contributed by atoms with Gasteiger partial charge in [0.05, 0.1) is 35.8 Å². The van der Waals surface area contributed by atoms with E-state index in [9.17, 15) is 24.6 Å². The standard InChI is InChI=1S/C43H43N3O7S/c44-36-10-2-3-11-37(36)46-41(49)14-6-13-40(48)45-25-29-7-5-8-33(23-29)30-19-21-32(22-20-30)43-52-34(27-54-39-12-4-1-9-35(39)42(50)51)24-38(53-43)31-17-15-28(26-47)16-18-31/h1-5,7-12,15-23,34,38,43,47H,6,13-14,24-27,44H2,(H,45,48)(H,46,49)(H,50,51)/t34-,38+,43+/m0/s1. The maximum Gasteiger partial charge on any atom is 0.336 e. The number of para-hydroxylation sites is 2. The average molecular weight is 746 g/mol. The molecule has 54 heavy (non-hydrogen) atoms. The summed E-state index contributed by atoms with van der Waals surface area (Å²) in [5, 5.41) is 24.9. The van der Waals surface area contributed by atoms with E-state index in [1.54, 1.807) is 36.4 Å². The van der Waals surface area contributed by atoms with E-state index >= 15 is 0 Å². The van der Waals surface area contributed by atoms with Crippen LogP contribution in [0.4, 0.5) is 11.4 Å². The molecule has 1 heterocycles. The minimum absolute atomic E-state index is 0.0440. The summed E-state index contributed by atoms with van der Waals surface area (Å²) in [5.41, 5.74) is 12.8. The van der Waals surface area contributed by atoms with Gasteiger partial charge < -0.3 is 36.1 Å². The van der Waals surface area contributed by atoms with Crippen LogP contribution in [0.15, 0.2) is 126 Å². The van der Waals surface area contributed by atoms with Gasteiger partial charge in [0.25, 0.3) is 0 Å². The fraction of sp³-hybridized carbons (Fsp3) is 0.233. The molecule has 5 aromatic carbocycles. The monoisotopic (exact) mass is 745 g/mol. The Hall–Kier alpha value is -5.46. The van der Waals surface area contributed by atoms with Crippen LogP contribution in [0.2, 0.25) is 0 Å². The highest BCUT2D eigenvalue weighted by atomic mass is 32.2. The van der Waals surface area contributed by atoms with E-state index in [1.165, 1.54) is 11.8 Å². The van der Waals surface area contributed by atoms with Crippen molar-refractivity contribution < 1.29 is 34.1 Å². The minimum Gasteiger partial charge on any atom is -0.478 e. The predicted octanol–water partition coefficient (Wildman–Crippen LogP) is 7.89. The van der Waals surface area contributed by atoms with E-state index in [4.69, 9.17) is 15.2 Å². The SMILES string of the molecule is Nc1ccccc1NC(=O)CCCC(=O)NCc1cccc(-c2ccc([C@@H]3O[C@H](CSc4ccccc4C(=O)O)C[C@H](c4ccc(CO)cc4)O3)cc2)c1. The fourth-order valence-electron chi connectivity index (χ4n) is 6.19. The molecule has 3 atom stereocenters. The van der Waals surface area contributed by atoms with Crippen LogP contribution in [-0.4, -0.2) is 39.9 Å². The third-order valence-electron chi connectivity index (χ3n) is 9.13. The largest absolute Gasteiger partial charge is 0.478 e. The summed E-state index contributed by atoms with van der Waals surface area (Å²) in [6.45, 7) is 0.315. The first-order valence-electron chi connectivity index (χ1n) is 17.8. The number of carboxylic acid groups (broad SMARTS) is 1. The number of thioether (sulfide) groups is 1. The second-order valence-corrected chi connectivity index (χ2v) is 14.1. The zero-order chi connectivity index (χ0) is 37.9. The van der Waals surface area contributed by atoms with E-state index in [-0.39, 0.29) is 49.0 Å². The summed E-state index contributed by atoms with van der Waals surface area (Å²) in [5.74, 6) is -0.747. The van der Waals surface area contributed by atoms with Crippen molar-refractivity contribution in [3.8, 4) is 11.1 Å². The molecular weight excluding hydrogens is 703 g/mol. The Morgan fingerprint density at radius 1 is 0.759 bits per heavy atom. The number of aromatic carboxylic acids is 1. The number of hydrogen-bond acceptors (Lipinski definition) is 8. The number of carbonyl (C=O) groups excluding carboxylic acids is 2. The molecule has 0 aliphatic carbocycles. The van der Waals surface area contributed by atoms with Gasteiger partial charge in [-0.15, -0.1) is 11.8 Å². The van der Waals surface area contributed by atoms with Gasteiger partial charge in [0.2, 0.25) is 11.8 Å². The van der Waals surface area contributed by atoms with Crippen LogP contribution in [-0.2, 0) is 32.2 Å². The molecule has 0 saturated carbocycles. The van der Waals surface area contributed by atoms with Crippen molar-refractivity contribution in [1.82, 2.24) is 5.32 Å². The van der Waals surface area contributed by atoms with E-state index in [0.29, 0.717) is 41.4 Å². The summed E-state index contributed by atoms with van der Waals surface area (Å²) in [6.07, 6.45) is 0.291. The van der Waals surface area contributed by atoms with Crippen LogP contribution >= 0.6 is 11.8 Å². The maximum atomic E-state index is 12.6. The summed E-state index contributed by atoms with van der Waals surface area (Å²) < 4.78 is 13.0. The molecule has 0 spiro atoms. The number of nitrogens with one attached hydrogen (secondary N) is 2. The van der Waals surface area contributed by atoms with Crippen molar-refractivity contribution in [2.45, 2.75) is 62.2 Å². The van der Waals surface area contributed by atoms with Crippen molar-refractivity contribution in [2.24, 2.45) is 0 Å². The molecule has 0 bridgehead atoms. The highest BCUT2D eigenvalue weighted by Crippen LogP contribution is 2.40. The smallest absolute Gasteiger partial charge is 0.336 e. The lowest BCUT2D eigenvalue weighted by molar-refractivity contribution is -0.245. The second kappa shape index (κ2) is 18.5. The molecule has 1 fully saturated rings. The highest BCUT2D eigenvalue weighted by Gasteiger charge is 2.32. The summed E-state index contributed by atoms with van der Waals surface area (Å²) in [6, 6.07) is 37.7. The lowest BCUT2D eigenvalue weighted by Gasteiger charge is -2.36. The van der Waals surface area contributed by atoms with Crippen LogP contribution in [0, 0.1) is 0 Å². The Morgan fingerprint density at radius 3 is 2.24 bits per heavy atom. The van der Waals surface area contributed by atoms with Crippen molar-refractivity contribution in [3.63, 3.8) is 0 Å². The van der Waals surface area contributed by atoms with E-state index in [1.807, 2.05) is 84.9 Å². The minimum atomic E-state index is -0.967. The van der Waals surface area contributed by atoms with Crippen molar-refractivity contribution >= 4 is 40.9 Å². The molecule has 5 aromatic rings. The summed E-state index contributed by atoms with van der Waals surface area (Å²) in [7, 11) is 0. The van der Waals surface area contributed by atoms with Crippen molar-refractivity contribution in [1.29, 1.82) is 0 Å². The summed E-state index contributed by atoms with van der Waals surface area (Å²) >= 11 is 1.45. The predicted molar refractivity (Wildman–Crippen MR) is 210 cm³/mol. The number of aliphatic hydroxyl groups is 1. The molecule has 10 nitrogen and oxygen atoms in total. The molecule has 1 saturated heterocycles. The van der Waals surface area contributed by atoms with E-state index in [2.05, 4.69) is 10.6 Å². The number of rotatable bonds is 15. The molecule has 0 aromatic heterocycles. The second-order valence-electron chi connectivity index (χ2n) is 13.1. The van der Waals surface area contributed by atoms with Gasteiger partial charge in [-0.3, -0.25) is 9.59 Å². The Labute approximate surface area is 318 Å². The van der Waals surface area contributed by atoms with Gasteiger partial charge in [0.1, 0.15) is 0 Å². The molecule has 0 radical (unpaired) electrons. The molecule has 6 rings (SSSR count). The van der Waals surface area contributed by atoms with Crippen LogP contribution in [0.3, 0.4) is 0 Å². The quantitative estimate of drug-likeness (QED) is 0.0531. The van der Waals surface area contributed by atoms with Gasteiger partial charge in [0, 0.05) is 42.0 Å². The van der Waals surface area contributed by atoms with Gasteiger partial charge in [-0.2, -0.15) is 0 Å². The van der Waals surface area contributed by atoms with Gasteiger partial charge in [-0.1, -0.05) is 91.0 Å². The Bertz CT molecular complexity index is 2060. The molecule has 2 amide bonds. The van der Waals surface area contributed by atoms with E-state index in [0.717, 1.165) is 33.4 Å². The van der Waals surface area contributed by atoms with Crippen molar-refractivity contribution in [2.75, 3.05) is 16.8 Å². The number of benzene rings is 5. The Balaban J connectivity index is 1.06. The van der Waals surface area contributed by atoms with Gasteiger partial charge in [0.15, 0.2) is 6.29 Å². The van der Waals surface area contributed by atoms with Crippen LogP contribution in [0.25, 0.3) is 11.1 Å². The van der Waals surface area contributed by atoms with Crippen LogP contribution in [0.5, 0.6) is 0 Å². The molecule has 1 aliphatic heterocycles. The topological polar surface area (TPSA) is 160 Å². The normalized spacial score (nSPS) is 16.7. The average Bonchev–Trinajstić information content (AvgIpc) is 3.20. The lowest BCUT2D eigenvalue weighted by Crippen LogP contribution is -2.31.